The van der Waals surface area contributed by atoms with E-state index in [0.29, 0.717) is 39.4 Å². The van der Waals surface area contributed by atoms with Crippen LogP contribution in [0.25, 0.3) is 11.1 Å². The zero-order chi connectivity index (χ0) is 20.3. The molecule has 0 fully saturated rings. The van der Waals surface area contributed by atoms with E-state index in [9.17, 15) is 19.1 Å². The third-order valence-corrected chi connectivity index (χ3v) is 4.69. The molecule has 1 aliphatic rings. The Morgan fingerprint density at radius 2 is 2.04 bits per heavy atom. The molecular formula is C20H19ClFNO5. The topological polar surface area (TPSA) is 76.1 Å². The molecule has 0 aromatic heterocycles. The van der Waals surface area contributed by atoms with Gasteiger partial charge >= 0.3 is 12.1 Å². The van der Waals surface area contributed by atoms with Gasteiger partial charge in [0.15, 0.2) is 6.61 Å². The maximum absolute atomic E-state index is 14.3. The van der Waals surface area contributed by atoms with Crippen LogP contribution in [0.5, 0.6) is 5.75 Å². The van der Waals surface area contributed by atoms with E-state index in [1.165, 1.54) is 11.0 Å². The zero-order valence-electron chi connectivity index (χ0n) is 15.2. The number of carbonyl (C=O) groups is 2. The highest BCUT2D eigenvalue weighted by atomic mass is 35.5. The molecule has 0 aliphatic carbocycles. The van der Waals surface area contributed by atoms with Crippen molar-refractivity contribution in [2.45, 2.75) is 19.9 Å². The standard InChI is InChI=1S/C20H19ClFNO5/c1-2-27-19(24)11-28-14-8-12(7-13(21)9-14)15-3-4-18(22)16-5-6-23(20(25)26)10-17(15)16/h3-4,7-9H,2,5-6,10-11H2,1H3,(H,25,26). The summed E-state index contributed by atoms with van der Waals surface area (Å²) in [6.45, 7) is 2.02. The number of esters is 1. The Hall–Kier alpha value is -2.80. The second kappa shape index (κ2) is 8.48. The van der Waals surface area contributed by atoms with Crippen molar-refractivity contribution in [3.63, 3.8) is 0 Å². The molecule has 1 aliphatic heterocycles. The summed E-state index contributed by atoms with van der Waals surface area (Å²) in [5, 5.41) is 9.67. The van der Waals surface area contributed by atoms with Gasteiger partial charge in [-0.2, -0.15) is 0 Å². The highest BCUT2D eigenvalue weighted by molar-refractivity contribution is 6.31. The number of carbonyl (C=O) groups excluding carboxylic acids is 1. The smallest absolute Gasteiger partial charge is 0.407 e. The molecule has 1 N–H and O–H groups in total. The molecule has 0 atom stereocenters. The van der Waals surface area contributed by atoms with Crippen molar-refractivity contribution in [2.75, 3.05) is 19.8 Å². The maximum atomic E-state index is 14.3. The number of nitrogens with zero attached hydrogens (tertiary/aromatic N) is 1. The minimum Gasteiger partial charge on any atom is -0.482 e. The van der Waals surface area contributed by atoms with E-state index in [1.807, 2.05) is 0 Å². The van der Waals surface area contributed by atoms with Crippen molar-refractivity contribution >= 4 is 23.7 Å². The van der Waals surface area contributed by atoms with Gasteiger partial charge in [0.2, 0.25) is 0 Å². The lowest BCUT2D eigenvalue weighted by Crippen LogP contribution is -2.35. The van der Waals surface area contributed by atoms with Gasteiger partial charge in [-0.05, 0) is 59.9 Å². The fraction of sp³-hybridized carbons (Fsp3) is 0.300. The van der Waals surface area contributed by atoms with Crippen LogP contribution in [0.3, 0.4) is 0 Å². The minimum atomic E-state index is -1.05. The highest BCUT2D eigenvalue weighted by Crippen LogP contribution is 2.35. The number of ether oxygens (including phenoxy) is 2. The lowest BCUT2D eigenvalue weighted by molar-refractivity contribution is -0.145. The SMILES string of the molecule is CCOC(=O)COc1cc(Cl)cc(-c2ccc(F)c3c2CN(C(=O)O)CC3)c1. The molecule has 0 saturated carbocycles. The van der Waals surface area contributed by atoms with Gasteiger partial charge in [-0.3, -0.25) is 0 Å². The van der Waals surface area contributed by atoms with E-state index in [4.69, 9.17) is 21.1 Å². The number of amides is 1. The summed E-state index contributed by atoms with van der Waals surface area (Å²) in [4.78, 5) is 24.1. The van der Waals surface area contributed by atoms with Gasteiger partial charge in [0.25, 0.3) is 0 Å². The molecule has 0 unspecified atom stereocenters. The molecule has 148 valence electrons. The monoisotopic (exact) mass is 407 g/mol. The van der Waals surface area contributed by atoms with Crippen LogP contribution in [0, 0.1) is 5.82 Å². The first-order valence-corrected chi connectivity index (χ1v) is 9.14. The summed E-state index contributed by atoms with van der Waals surface area (Å²) in [6, 6.07) is 7.89. The van der Waals surface area contributed by atoms with Crippen molar-refractivity contribution in [2.24, 2.45) is 0 Å². The molecule has 0 spiro atoms. The molecule has 3 rings (SSSR count). The van der Waals surface area contributed by atoms with Crippen molar-refractivity contribution in [3.05, 3.63) is 52.3 Å². The lowest BCUT2D eigenvalue weighted by atomic mass is 9.90. The Labute approximate surface area is 166 Å². The van der Waals surface area contributed by atoms with E-state index in [-0.39, 0.29) is 32.1 Å². The number of carboxylic acid groups (broad SMARTS) is 1. The van der Waals surface area contributed by atoms with Crippen LogP contribution in [0.15, 0.2) is 30.3 Å². The van der Waals surface area contributed by atoms with E-state index in [1.54, 1.807) is 31.2 Å². The van der Waals surface area contributed by atoms with Crippen LogP contribution < -0.4 is 4.74 Å². The van der Waals surface area contributed by atoms with Crippen LogP contribution in [-0.4, -0.2) is 41.8 Å². The summed E-state index contributed by atoms with van der Waals surface area (Å²) in [7, 11) is 0. The van der Waals surface area contributed by atoms with Gasteiger partial charge in [0, 0.05) is 18.1 Å². The van der Waals surface area contributed by atoms with Crippen molar-refractivity contribution in [1.29, 1.82) is 0 Å². The molecule has 0 radical (unpaired) electrons. The third-order valence-electron chi connectivity index (χ3n) is 4.47. The fourth-order valence-electron chi connectivity index (χ4n) is 3.21. The van der Waals surface area contributed by atoms with Gasteiger partial charge < -0.3 is 19.5 Å². The van der Waals surface area contributed by atoms with Crippen LogP contribution in [0.4, 0.5) is 9.18 Å². The van der Waals surface area contributed by atoms with Crippen LogP contribution in [0.1, 0.15) is 18.1 Å². The predicted octanol–water partition coefficient (Wildman–Crippen LogP) is 4.12. The zero-order valence-corrected chi connectivity index (χ0v) is 16.0. The molecule has 1 amide bonds. The van der Waals surface area contributed by atoms with E-state index >= 15 is 0 Å². The van der Waals surface area contributed by atoms with Crippen molar-refractivity contribution in [1.82, 2.24) is 4.90 Å². The minimum absolute atomic E-state index is 0.0866. The average molecular weight is 408 g/mol. The molecule has 2 aromatic rings. The largest absolute Gasteiger partial charge is 0.482 e. The van der Waals surface area contributed by atoms with Gasteiger partial charge in [0.05, 0.1) is 6.61 Å². The number of halogens is 2. The first-order valence-electron chi connectivity index (χ1n) is 8.76. The summed E-state index contributed by atoms with van der Waals surface area (Å²) >= 11 is 6.20. The number of benzene rings is 2. The first kappa shape index (κ1) is 19.9. The molecule has 0 saturated heterocycles. The quantitative estimate of drug-likeness (QED) is 0.754. The lowest BCUT2D eigenvalue weighted by Gasteiger charge is -2.28. The van der Waals surface area contributed by atoms with Gasteiger partial charge in [-0.1, -0.05) is 17.7 Å². The first-order chi connectivity index (χ1) is 13.4. The molecular weight excluding hydrogens is 389 g/mol. The van der Waals surface area contributed by atoms with Crippen molar-refractivity contribution < 1.29 is 28.6 Å². The Balaban J connectivity index is 1.95. The van der Waals surface area contributed by atoms with Gasteiger partial charge in [-0.25, -0.2) is 14.0 Å². The number of rotatable bonds is 5. The van der Waals surface area contributed by atoms with E-state index < -0.39 is 12.1 Å². The second-order valence-electron chi connectivity index (χ2n) is 6.28. The Morgan fingerprint density at radius 3 is 2.75 bits per heavy atom. The fourth-order valence-corrected chi connectivity index (χ4v) is 3.44. The Morgan fingerprint density at radius 1 is 1.25 bits per heavy atom. The van der Waals surface area contributed by atoms with Crippen LogP contribution in [-0.2, 0) is 22.5 Å². The number of fused-ring (bicyclic) bond motifs is 1. The van der Waals surface area contributed by atoms with Gasteiger partial charge in [0.1, 0.15) is 11.6 Å². The number of hydrogen-bond donors (Lipinski definition) is 1. The molecule has 6 nitrogen and oxygen atoms in total. The summed E-state index contributed by atoms with van der Waals surface area (Å²) in [5.74, 6) is -0.496. The maximum Gasteiger partial charge on any atom is 0.407 e. The Bertz CT molecular complexity index is 918. The molecule has 1 heterocycles. The molecule has 8 heteroatoms. The second-order valence-corrected chi connectivity index (χ2v) is 6.71. The van der Waals surface area contributed by atoms with Crippen LogP contribution in [0.2, 0.25) is 5.02 Å². The van der Waals surface area contributed by atoms with Crippen molar-refractivity contribution in [3.8, 4) is 16.9 Å². The molecule has 0 bridgehead atoms. The summed E-state index contributed by atoms with van der Waals surface area (Å²) in [5.41, 5.74) is 2.43. The predicted molar refractivity (Wildman–Crippen MR) is 101 cm³/mol. The summed E-state index contributed by atoms with van der Waals surface area (Å²) in [6.07, 6.45) is -0.751. The molecule has 2 aromatic carbocycles. The van der Waals surface area contributed by atoms with E-state index in [0.717, 1.165) is 0 Å². The van der Waals surface area contributed by atoms with Crippen LogP contribution >= 0.6 is 11.6 Å². The number of hydrogen-bond acceptors (Lipinski definition) is 4. The summed E-state index contributed by atoms with van der Waals surface area (Å²) < 4.78 is 24.6. The third kappa shape index (κ3) is 4.36. The Kier molecular flexibility index (Phi) is 6.04. The highest BCUT2D eigenvalue weighted by Gasteiger charge is 2.25. The van der Waals surface area contributed by atoms with Gasteiger partial charge in [-0.15, -0.1) is 0 Å². The average Bonchev–Trinajstić information content (AvgIpc) is 2.66. The normalized spacial score (nSPS) is 13.0. The molecule has 28 heavy (non-hydrogen) atoms. The van der Waals surface area contributed by atoms with E-state index in [2.05, 4.69) is 0 Å².